The number of nitrogens with one attached hydrogen (secondary N) is 2. The number of anilines is 1. The van der Waals surface area contributed by atoms with Crippen LogP contribution < -0.4 is 22.1 Å². The van der Waals surface area contributed by atoms with Gasteiger partial charge >= 0.3 is 12.2 Å². The number of primary amides is 2. The number of hydrogen-bond acceptors (Lipinski definition) is 19. The number of benzene rings is 1. The van der Waals surface area contributed by atoms with Crippen LogP contribution in [0.2, 0.25) is 0 Å². The van der Waals surface area contributed by atoms with E-state index in [1.807, 2.05) is 13.8 Å². The highest BCUT2D eigenvalue weighted by Gasteiger charge is 2.35. The smallest absolute Gasteiger partial charge is 0.405 e. The van der Waals surface area contributed by atoms with Crippen molar-refractivity contribution in [1.82, 2.24) is 5.32 Å². The number of halogens is 1. The van der Waals surface area contributed by atoms with Crippen molar-refractivity contribution in [3.8, 4) is 11.5 Å². The first-order valence-corrected chi connectivity index (χ1v) is 27.6. The number of carbonyl (C=O) groups is 6. The molecule has 0 saturated heterocycles. The lowest BCUT2D eigenvalue weighted by molar-refractivity contribution is -0.120. The van der Waals surface area contributed by atoms with Crippen LogP contribution in [0.25, 0.3) is 0 Å². The number of phenolic OH excluding ortho intramolecular Hbond substituents is 2. The quantitative estimate of drug-likeness (QED) is 0.0552. The van der Waals surface area contributed by atoms with Crippen LogP contribution in [0.1, 0.15) is 92.2 Å². The SMILES string of the molecule is COC1=C2C[C@@H](C)C[C@H](OC)[C@H](O)[C@@H](C)/C=C(\C)[C@H](OC(N)=O)[C@@H](OC)/C=C\C=C(/C)C(=O)NC(=CC1=O)C2=O.CO[C@H]1/C=C\C=C(/C)C(=O)Nc2cc(O)c(CCC(O)CO)c(c2O)C[C@@H](C)C[C@H](OC)[C@H](O)[C@@H](C)/C=C(\C)[C@@H]1OC(N)=O.Cl. The van der Waals surface area contributed by atoms with Crippen LogP contribution >= 0.6 is 12.4 Å². The molecule has 4 rings (SSSR count). The molecule has 23 nitrogen and oxygen atoms in total. The van der Waals surface area contributed by atoms with Crippen LogP contribution in [-0.4, -0.2) is 163 Å². The summed E-state index contributed by atoms with van der Waals surface area (Å²) in [6, 6.07) is 1.25. The normalized spacial score (nSPS) is 30.6. The van der Waals surface area contributed by atoms with Crippen molar-refractivity contribution < 1.29 is 92.6 Å². The molecule has 85 heavy (non-hydrogen) atoms. The van der Waals surface area contributed by atoms with Crippen molar-refractivity contribution in [2.75, 3.05) is 47.5 Å². The third-order valence-electron chi connectivity index (χ3n) is 14.8. The van der Waals surface area contributed by atoms with Crippen molar-refractivity contribution in [1.29, 1.82) is 0 Å². The number of ketones is 2. The van der Waals surface area contributed by atoms with Gasteiger partial charge < -0.3 is 85.9 Å². The molecule has 0 saturated carbocycles. The van der Waals surface area contributed by atoms with Crippen LogP contribution in [0.5, 0.6) is 11.5 Å². The molecule has 0 radical (unpaired) electrons. The molecule has 0 spiro atoms. The number of aliphatic hydroxyl groups excluding tert-OH is 4. The number of fused-ring (bicyclic) bond motifs is 4. The number of phenols is 2. The van der Waals surface area contributed by atoms with Gasteiger partial charge in [-0.1, -0.05) is 76.3 Å². The minimum Gasteiger partial charge on any atom is -0.508 e. The van der Waals surface area contributed by atoms with E-state index in [1.54, 1.807) is 71.1 Å². The van der Waals surface area contributed by atoms with E-state index in [9.17, 15) is 59.4 Å². The molecule has 2 aliphatic heterocycles. The van der Waals surface area contributed by atoms with Crippen LogP contribution in [-0.2, 0) is 65.2 Å². The van der Waals surface area contributed by atoms with E-state index in [0.717, 1.165) is 6.08 Å². The topological polar surface area (TPSA) is 365 Å². The van der Waals surface area contributed by atoms with Gasteiger partial charge in [-0.25, -0.2) is 9.59 Å². The zero-order chi connectivity index (χ0) is 63.3. The highest BCUT2D eigenvalue weighted by Crippen LogP contribution is 2.40. The number of aliphatic hydroxyl groups is 4. The number of amides is 4. The Labute approximate surface area is 503 Å². The maximum atomic E-state index is 13.3. The second-order valence-corrected chi connectivity index (χ2v) is 21.5. The molecule has 3 aliphatic rings. The fourth-order valence-electron chi connectivity index (χ4n) is 10.1. The van der Waals surface area contributed by atoms with E-state index in [1.165, 1.54) is 60.7 Å². The highest BCUT2D eigenvalue weighted by atomic mass is 35.5. The van der Waals surface area contributed by atoms with Gasteiger partial charge in [0.05, 0.1) is 55.6 Å². The van der Waals surface area contributed by atoms with E-state index in [2.05, 4.69) is 10.6 Å². The monoisotopic (exact) mass is 1220 g/mol. The largest absolute Gasteiger partial charge is 0.508 e. The Morgan fingerprint density at radius 1 is 0.706 bits per heavy atom. The zero-order valence-electron chi connectivity index (χ0n) is 50.8. The van der Waals surface area contributed by atoms with E-state index in [0.29, 0.717) is 35.1 Å². The Bertz CT molecular complexity index is 2750. The average Bonchev–Trinajstić information content (AvgIpc) is 3.04. The second-order valence-electron chi connectivity index (χ2n) is 21.5. The molecule has 4 amide bonds. The molecular formula is C61H89ClN4O19. The third-order valence-corrected chi connectivity index (χ3v) is 14.8. The molecule has 24 heteroatoms. The predicted molar refractivity (Wildman–Crippen MR) is 319 cm³/mol. The number of nitrogens with two attached hydrogens (primary N) is 2. The molecule has 1 aromatic rings. The molecule has 1 aliphatic carbocycles. The zero-order valence-corrected chi connectivity index (χ0v) is 51.6. The molecule has 2 heterocycles. The van der Waals surface area contributed by atoms with Crippen LogP contribution in [0, 0.1) is 23.7 Å². The summed E-state index contributed by atoms with van der Waals surface area (Å²) in [6.07, 6.45) is 5.60. The first-order valence-electron chi connectivity index (χ1n) is 27.6. The maximum absolute atomic E-state index is 13.3. The molecule has 13 atom stereocenters. The summed E-state index contributed by atoms with van der Waals surface area (Å²) in [7, 11) is 7.13. The van der Waals surface area contributed by atoms with E-state index in [4.69, 9.17) is 44.6 Å². The average molecular weight is 1220 g/mol. The van der Waals surface area contributed by atoms with Gasteiger partial charge in [0, 0.05) is 80.3 Å². The third kappa shape index (κ3) is 21.7. The summed E-state index contributed by atoms with van der Waals surface area (Å²) in [5.74, 6) is -3.99. The maximum Gasteiger partial charge on any atom is 0.405 e. The van der Waals surface area contributed by atoms with Gasteiger partial charge in [0.25, 0.3) is 11.8 Å². The number of aromatic hydroxyl groups is 2. The van der Waals surface area contributed by atoms with Crippen LogP contribution in [0.3, 0.4) is 0 Å². The van der Waals surface area contributed by atoms with Gasteiger partial charge in [0.2, 0.25) is 11.6 Å². The summed E-state index contributed by atoms with van der Waals surface area (Å²) in [5, 5.41) is 69.1. The van der Waals surface area contributed by atoms with Crippen LogP contribution in [0.4, 0.5) is 15.3 Å². The van der Waals surface area contributed by atoms with Gasteiger partial charge in [0.15, 0.2) is 18.0 Å². The molecule has 0 aromatic heterocycles. The number of ether oxygens (including phenoxy) is 7. The second kappa shape index (κ2) is 35.7. The summed E-state index contributed by atoms with van der Waals surface area (Å²) in [6.45, 7) is 13.5. The lowest BCUT2D eigenvalue weighted by atomic mass is 9.85. The molecule has 4 bridgehead atoms. The van der Waals surface area contributed by atoms with Gasteiger partial charge in [-0.2, -0.15) is 0 Å². The van der Waals surface area contributed by atoms with Gasteiger partial charge in [-0.05, 0) is 89.2 Å². The lowest BCUT2D eigenvalue weighted by Crippen LogP contribution is -2.37. The lowest BCUT2D eigenvalue weighted by Gasteiger charge is -2.29. The standard InChI is InChI=1S/C32H48N2O10.C29H40N2O9.ClH/c1-17-12-23-22(11-10-21(36)16-35)25(37)15-24(29(23)39)34-31(40)18(2)8-7-9-26(42-5)30(44-32(33)41)20(4)14-19(3)28(38)27(13-17)43-6;1-15-11-19-25(34)20(14-21(32)27(19)39-7)31-28(35)16(2)9-8-10-22(37-5)26(40-29(30)36)18(4)13-17(3)24(33)23(12-15)38-6;/h7-9,14-15,17,19,21,26-28,30,35-39H,10-13,16H2,1-6H3,(H2,33,41)(H,34,40);8-10,13-15,17,22-24,26,33H,11-12H2,1-7H3,(H2,30,36)(H,31,35);1H/b9-7-,18-8+,20-14+;10-8-,16-9+,18-13+;/t17-,19+,21?,26+,27+,28-,30+;15-,17+,22+,23+,24-,26+;/m11./s1. The molecular weight excluding hydrogens is 1130 g/mol. The Morgan fingerprint density at radius 2 is 1.16 bits per heavy atom. The minimum absolute atomic E-state index is 0. The van der Waals surface area contributed by atoms with Gasteiger partial charge in [-0.3, -0.25) is 19.2 Å². The Balaban J connectivity index is 0.000000576. The number of hydrogen-bond donors (Lipinski definition) is 10. The fourth-order valence-corrected chi connectivity index (χ4v) is 10.1. The van der Waals surface area contributed by atoms with Gasteiger partial charge in [-0.15, -0.1) is 12.4 Å². The number of carbonyl (C=O) groups excluding carboxylic acids is 6. The molecule has 1 aromatic carbocycles. The molecule has 1 unspecified atom stereocenters. The molecule has 12 N–H and O–H groups in total. The Hall–Kier alpha value is -6.67. The highest BCUT2D eigenvalue weighted by molar-refractivity contribution is 6.23. The summed E-state index contributed by atoms with van der Waals surface area (Å²) in [5.41, 5.74) is 13.1. The van der Waals surface area contributed by atoms with Crippen molar-refractivity contribution in [2.45, 2.75) is 149 Å². The first kappa shape index (κ1) is 74.4. The molecule has 0 fully saturated rings. The van der Waals surface area contributed by atoms with Crippen molar-refractivity contribution >= 4 is 53.7 Å². The number of rotatable bonds is 11. The number of Topliss-reactive ketones (excluding diaryl/α,β-unsaturated/α-hetero) is 1. The van der Waals surface area contributed by atoms with Crippen LogP contribution in [0.15, 0.2) is 100 Å². The number of allylic oxidation sites excluding steroid dienone is 6. The predicted octanol–water partition coefficient (Wildman–Crippen LogP) is 5.67. The Morgan fingerprint density at radius 3 is 1.59 bits per heavy atom. The first-order chi connectivity index (χ1) is 39.6. The molecule has 474 valence electrons. The van der Waals surface area contributed by atoms with Crippen molar-refractivity contribution in [3.05, 3.63) is 111 Å². The summed E-state index contributed by atoms with van der Waals surface area (Å²) in [4.78, 5) is 75.4. The summed E-state index contributed by atoms with van der Waals surface area (Å²) < 4.78 is 38.3. The Kier molecular flexibility index (Phi) is 31.3. The van der Waals surface area contributed by atoms with Gasteiger partial charge in [0.1, 0.15) is 23.7 Å². The fraction of sp³-hybridized carbons (Fsp3) is 0.541. The van der Waals surface area contributed by atoms with Crippen molar-refractivity contribution in [3.63, 3.8) is 0 Å². The summed E-state index contributed by atoms with van der Waals surface area (Å²) >= 11 is 0. The number of methoxy groups -OCH3 is 5. The van der Waals surface area contributed by atoms with E-state index < -0.39 is 109 Å². The van der Waals surface area contributed by atoms with E-state index >= 15 is 0 Å². The van der Waals surface area contributed by atoms with Crippen molar-refractivity contribution in [2.24, 2.45) is 35.1 Å². The van der Waals surface area contributed by atoms with E-state index in [-0.39, 0.29) is 95.3 Å². The minimum atomic E-state index is -1.01.